The zero-order valence-electron chi connectivity index (χ0n) is 11.4. The lowest BCUT2D eigenvalue weighted by Gasteiger charge is -2.42. The Balaban J connectivity index is 3.17. The molecule has 0 bridgehead atoms. The zero-order valence-corrected chi connectivity index (χ0v) is 12.9. The number of nitrogens with zero attached hydrogens (tertiary/aromatic N) is 1. The second-order valence-corrected chi connectivity index (χ2v) is 5.60. The lowest BCUT2D eigenvalue weighted by atomic mass is 9.82. The highest BCUT2D eigenvalue weighted by Gasteiger charge is 2.37. The fraction of sp³-hybridized carbons (Fsp3) is 0.571. The summed E-state index contributed by atoms with van der Waals surface area (Å²) in [7, 11) is 3.99. The molecule has 1 aromatic carbocycles. The molecule has 1 N–H and O–H groups in total. The van der Waals surface area contributed by atoms with Crippen LogP contribution in [0.25, 0.3) is 0 Å². The van der Waals surface area contributed by atoms with Crippen LogP contribution in [0, 0.1) is 0 Å². The third-order valence-electron chi connectivity index (χ3n) is 3.88. The first-order chi connectivity index (χ1) is 8.39. The maximum atomic E-state index is 10.7. The van der Waals surface area contributed by atoms with Crippen molar-refractivity contribution in [1.29, 1.82) is 0 Å². The van der Waals surface area contributed by atoms with Crippen molar-refractivity contribution in [3.63, 3.8) is 0 Å². The molecule has 0 saturated carbocycles. The zero-order chi connectivity index (χ0) is 13.9. The van der Waals surface area contributed by atoms with Crippen molar-refractivity contribution < 1.29 is 5.11 Å². The minimum atomic E-state index is -0.586. The summed E-state index contributed by atoms with van der Waals surface area (Å²) in [6.45, 7) is 4.18. The van der Waals surface area contributed by atoms with Crippen molar-refractivity contribution >= 4 is 23.2 Å². The van der Waals surface area contributed by atoms with Gasteiger partial charge in [-0.2, -0.15) is 0 Å². The van der Waals surface area contributed by atoms with Crippen LogP contribution in [0.2, 0.25) is 10.0 Å². The van der Waals surface area contributed by atoms with Gasteiger partial charge in [-0.25, -0.2) is 0 Å². The quantitative estimate of drug-likeness (QED) is 0.880. The summed E-state index contributed by atoms with van der Waals surface area (Å²) in [6.07, 6.45) is 1.13. The Morgan fingerprint density at radius 1 is 1.17 bits per heavy atom. The van der Waals surface area contributed by atoms with E-state index in [1.165, 1.54) is 0 Å². The number of hydrogen-bond acceptors (Lipinski definition) is 2. The molecular formula is C14H21Cl2NO. The van der Waals surface area contributed by atoms with Crippen LogP contribution >= 0.6 is 23.2 Å². The van der Waals surface area contributed by atoms with E-state index in [1.54, 1.807) is 12.1 Å². The summed E-state index contributed by atoms with van der Waals surface area (Å²) in [5, 5.41) is 11.7. The van der Waals surface area contributed by atoms with Gasteiger partial charge in [0.2, 0.25) is 0 Å². The first-order valence-electron chi connectivity index (χ1n) is 6.19. The van der Waals surface area contributed by atoms with Gasteiger partial charge in [0, 0.05) is 5.54 Å². The topological polar surface area (TPSA) is 23.5 Å². The highest BCUT2D eigenvalue weighted by molar-refractivity contribution is 6.42. The summed E-state index contributed by atoms with van der Waals surface area (Å²) in [5.41, 5.74) is 0.527. The first-order valence-corrected chi connectivity index (χ1v) is 6.95. The van der Waals surface area contributed by atoms with E-state index in [-0.39, 0.29) is 5.54 Å². The highest BCUT2D eigenvalue weighted by Crippen LogP contribution is 2.37. The van der Waals surface area contributed by atoms with Crippen LogP contribution in [0.1, 0.15) is 38.4 Å². The molecule has 1 aromatic rings. The third kappa shape index (κ3) is 2.83. The molecule has 0 aromatic heterocycles. The van der Waals surface area contributed by atoms with Gasteiger partial charge < -0.3 is 10.0 Å². The van der Waals surface area contributed by atoms with Crippen LogP contribution in [0.15, 0.2) is 18.2 Å². The van der Waals surface area contributed by atoms with Gasteiger partial charge in [-0.3, -0.25) is 0 Å². The third-order valence-corrected chi connectivity index (χ3v) is 4.62. The van der Waals surface area contributed by atoms with Crippen molar-refractivity contribution in [2.24, 2.45) is 0 Å². The lowest BCUT2D eigenvalue weighted by molar-refractivity contribution is -0.0149. The second-order valence-electron chi connectivity index (χ2n) is 4.78. The molecule has 0 amide bonds. The van der Waals surface area contributed by atoms with E-state index in [4.69, 9.17) is 23.2 Å². The van der Waals surface area contributed by atoms with E-state index in [9.17, 15) is 5.11 Å². The molecule has 18 heavy (non-hydrogen) atoms. The van der Waals surface area contributed by atoms with Crippen molar-refractivity contribution in [3.05, 3.63) is 33.8 Å². The minimum absolute atomic E-state index is 0.281. The van der Waals surface area contributed by atoms with Crippen LogP contribution in [0.4, 0.5) is 0 Å². The van der Waals surface area contributed by atoms with Gasteiger partial charge in [-0.05, 0) is 44.6 Å². The maximum absolute atomic E-state index is 10.7. The fourth-order valence-electron chi connectivity index (χ4n) is 2.51. The monoisotopic (exact) mass is 289 g/mol. The van der Waals surface area contributed by atoms with E-state index in [0.29, 0.717) is 10.0 Å². The predicted octanol–water partition coefficient (Wildman–Crippen LogP) is 4.15. The van der Waals surface area contributed by atoms with Gasteiger partial charge in [-0.1, -0.05) is 43.1 Å². The summed E-state index contributed by atoms with van der Waals surface area (Å²) in [5.74, 6) is 0. The standard InChI is InChI=1S/C14H21Cl2NO/c1-5-14(6-2,17(3)4)13(18)10-7-8-11(15)12(16)9-10/h7-9,13,18H,5-6H2,1-4H3. The largest absolute Gasteiger partial charge is 0.386 e. The van der Waals surface area contributed by atoms with Crippen LogP contribution in [0.3, 0.4) is 0 Å². The molecule has 2 nitrogen and oxygen atoms in total. The van der Waals surface area contributed by atoms with E-state index in [1.807, 2.05) is 20.2 Å². The van der Waals surface area contributed by atoms with Gasteiger partial charge in [-0.15, -0.1) is 0 Å². The van der Waals surface area contributed by atoms with Crippen molar-refractivity contribution in [1.82, 2.24) is 4.90 Å². The maximum Gasteiger partial charge on any atom is 0.0973 e. The Hall–Kier alpha value is -0.280. The molecule has 1 rings (SSSR count). The molecule has 0 aliphatic carbocycles. The molecule has 0 aliphatic heterocycles. The Kier molecular flexibility index (Phi) is 5.47. The first kappa shape index (κ1) is 15.8. The van der Waals surface area contributed by atoms with Gasteiger partial charge in [0.15, 0.2) is 0 Å². The summed E-state index contributed by atoms with van der Waals surface area (Å²) in [4.78, 5) is 2.08. The Labute approximate surface area is 120 Å². The molecule has 102 valence electrons. The van der Waals surface area contributed by atoms with E-state index < -0.39 is 6.10 Å². The number of benzene rings is 1. The molecule has 0 aliphatic rings. The molecule has 1 unspecified atom stereocenters. The Morgan fingerprint density at radius 3 is 2.11 bits per heavy atom. The summed E-state index contributed by atoms with van der Waals surface area (Å²) in [6, 6.07) is 5.31. The highest BCUT2D eigenvalue weighted by atomic mass is 35.5. The van der Waals surface area contributed by atoms with E-state index in [0.717, 1.165) is 18.4 Å². The second kappa shape index (κ2) is 6.25. The van der Waals surface area contributed by atoms with Crippen LogP contribution in [0.5, 0.6) is 0 Å². The summed E-state index contributed by atoms with van der Waals surface area (Å²) >= 11 is 11.9. The molecule has 0 fully saturated rings. The smallest absolute Gasteiger partial charge is 0.0973 e. The average Bonchev–Trinajstić information content (AvgIpc) is 2.34. The van der Waals surface area contributed by atoms with E-state index in [2.05, 4.69) is 18.7 Å². The van der Waals surface area contributed by atoms with Gasteiger partial charge in [0.05, 0.1) is 16.1 Å². The van der Waals surface area contributed by atoms with E-state index >= 15 is 0 Å². The lowest BCUT2D eigenvalue weighted by Crippen LogP contribution is -2.48. The van der Waals surface area contributed by atoms with Gasteiger partial charge >= 0.3 is 0 Å². The number of likely N-dealkylation sites (N-methyl/N-ethyl adjacent to an activating group) is 1. The fourth-order valence-corrected chi connectivity index (χ4v) is 2.81. The molecule has 4 heteroatoms. The van der Waals surface area contributed by atoms with Crippen LogP contribution < -0.4 is 0 Å². The summed E-state index contributed by atoms with van der Waals surface area (Å²) < 4.78 is 0. The van der Waals surface area contributed by atoms with Crippen molar-refractivity contribution in [2.45, 2.75) is 38.3 Å². The van der Waals surface area contributed by atoms with Crippen LogP contribution in [-0.2, 0) is 0 Å². The predicted molar refractivity (Wildman–Crippen MR) is 78.4 cm³/mol. The normalized spacial score (nSPS) is 14.0. The van der Waals surface area contributed by atoms with Crippen molar-refractivity contribution in [3.8, 4) is 0 Å². The molecule has 0 saturated heterocycles. The Bertz CT molecular complexity index is 403. The number of aliphatic hydroxyl groups excluding tert-OH is 1. The molecule has 0 heterocycles. The number of rotatable bonds is 5. The average molecular weight is 290 g/mol. The van der Waals surface area contributed by atoms with Gasteiger partial charge in [0.25, 0.3) is 0 Å². The Morgan fingerprint density at radius 2 is 1.72 bits per heavy atom. The number of hydrogen-bond donors (Lipinski definition) is 1. The number of halogens is 2. The van der Waals surface area contributed by atoms with Crippen molar-refractivity contribution in [2.75, 3.05) is 14.1 Å². The molecule has 0 spiro atoms. The number of aliphatic hydroxyl groups is 1. The molecule has 0 radical (unpaired) electrons. The minimum Gasteiger partial charge on any atom is -0.386 e. The SMILES string of the molecule is CCC(CC)(C(O)c1ccc(Cl)c(Cl)c1)N(C)C. The van der Waals surface area contributed by atoms with Crippen LogP contribution in [-0.4, -0.2) is 29.6 Å². The molecular weight excluding hydrogens is 269 g/mol. The van der Waals surface area contributed by atoms with Gasteiger partial charge in [0.1, 0.15) is 0 Å². The molecule has 1 atom stereocenters.